The van der Waals surface area contributed by atoms with Crippen LogP contribution in [0.25, 0.3) is 0 Å². The molecule has 1 unspecified atom stereocenters. The van der Waals surface area contributed by atoms with E-state index in [-0.39, 0.29) is 5.57 Å². The van der Waals surface area contributed by atoms with Gasteiger partial charge in [0.1, 0.15) is 6.29 Å². The van der Waals surface area contributed by atoms with Crippen molar-refractivity contribution in [1.29, 1.82) is 0 Å². The van der Waals surface area contributed by atoms with E-state index in [9.17, 15) is 9.59 Å². The molecule has 0 aliphatic heterocycles. The topological polar surface area (TPSA) is 63.6 Å². The van der Waals surface area contributed by atoms with Gasteiger partial charge in [0.25, 0.3) is 0 Å². The third-order valence-corrected chi connectivity index (χ3v) is 1.97. The van der Waals surface area contributed by atoms with Crippen molar-refractivity contribution in [3.63, 3.8) is 0 Å². The Morgan fingerprint density at radius 1 is 1.47 bits per heavy atom. The van der Waals surface area contributed by atoms with Crippen LogP contribution < -0.4 is 0 Å². The zero-order valence-corrected chi connectivity index (χ0v) is 9.61. The van der Waals surface area contributed by atoms with Crippen molar-refractivity contribution >= 4 is 12.3 Å². The predicted molar refractivity (Wildman–Crippen MR) is 56.4 cm³/mol. The fourth-order valence-corrected chi connectivity index (χ4v) is 1.36. The molecule has 1 atom stereocenters. The second-order valence-corrected chi connectivity index (χ2v) is 4.33. The Bertz CT molecular complexity index is 260. The average molecular weight is 214 g/mol. The van der Waals surface area contributed by atoms with Gasteiger partial charge in [-0.3, -0.25) is 9.59 Å². The van der Waals surface area contributed by atoms with E-state index in [4.69, 9.17) is 9.84 Å². The summed E-state index contributed by atoms with van der Waals surface area (Å²) in [5.41, 5.74) is -0.354. The van der Waals surface area contributed by atoms with E-state index >= 15 is 0 Å². The number of aliphatic carboxylic acids is 1. The Balaban J connectivity index is 5.05. The van der Waals surface area contributed by atoms with Crippen LogP contribution in [-0.2, 0) is 14.3 Å². The molecule has 0 saturated heterocycles. The van der Waals surface area contributed by atoms with Crippen molar-refractivity contribution in [3.8, 4) is 0 Å². The fourth-order valence-electron chi connectivity index (χ4n) is 1.36. The van der Waals surface area contributed by atoms with Crippen molar-refractivity contribution in [1.82, 2.24) is 0 Å². The summed E-state index contributed by atoms with van der Waals surface area (Å²) in [6.07, 6.45) is 1.77. The number of carbonyl (C=O) groups is 2. The minimum absolute atomic E-state index is 0.164. The van der Waals surface area contributed by atoms with Crippen molar-refractivity contribution in [2.75, 3.05) is 6.61 Å². The van der Waals surface area contributed by atoms with Gasteiger partial charge in [0.15, 0.2) is 0 Å². The summed E-state index contributed by atoms with van der Waals surface area (Å²) in [6, 6.07) is 0. The standard InChI is InChI=1S/C11H18O4/c1-5-15-7-8(6-12)9(10(13)14)11(2,3)4/h6-7,9H,5H2,1-4H3,(H,13,14)/b8-7+. The minimum atomic E-state index is -1.01. The first-order chi connectivity index (χ1) is 6.84. The molecule has 1 N–H and O–H groups in total. The molecule has 0 spiro atoms. The lowest BCUT2D eigenvalue weighted by Gasteiger charge is -2.26. The minimum Gasteiger partial charge on any atom is -0.501 e. The molecule has 0 rings (SSSR count). The Kier molecular flexibility index (Phi) is 5.05. The van der Waals surface area contributed by atoms with Crippen LogP contribution in [-0.4, -0.2) is 24.0 Å². The van der Waals surface area contributed by atoms with Crippen LogP contribution in [0.15, 0.2) is 11.8 Å². The number of hydrogen-bond acceptors (Lipinski definition) is 3. The molecule has 4 heteroatoms. The zero-order valence-electron chi connectivity index (χ0n) is 9.61. The van der Waals surface area contributed by atoms with Gasteiger partial charge < -0.3 is 9.84 Å². The van der Waals surface area contributed by atoms with Crippen LogP contribution in [0, 0.1) is 11.3 Å². The van der Waals surface area contributed by atoms with E-state index in [1.807, 2.05) is 0 Å². The van der Waals surface area contributed by atoms with Gasteiger partial charge in [0, 0.05) is 5.57 Å². The van der Waals surface area contributed by atoms with Crippen molar-refractivity contribution in [2.24, 2.45) is 11.3 Å². The second kappa shape index (κ2) is 5.53. The molecule has 0 amide bonds. The van der Waals surface area contributed by atoms with E-state index in [1.165, 1.54) is 6.26 Å². The molecule has 0 aromatic rings. The molecule has 15 heavy (non-hydrogen) atoms. The highest BCUT2D eigenvalue weighted by Crippen LogP contribution is 2.31. The molecule has 0 bridgehead atoms. The number of rotatable bonds is 5. The molecule has 0 fully saturated rings. The maximum absolute atomic E-state index is 11.1. The Morgan fingerprint density at radius 2 is 2.00 bits per heavy atom. The molecule has 0 aliphatic carbocycles. The number of carboxylic acids is 1. The maximum Gasteiger partial charge on any atom is 0.311 e. The number of hydrogen-bond donors (Lipinski definition) is 1. The molecular weight excluding hydrogens is 196 g/mol. The van der Waals surface area contributed by atoms with Crippen molar-refractivity contribution in [3.05, 3.63) is 11.8 Å². The quantitative estimate of drug-likeness (QED) is 0.431. The van der Waals surface area contributed by atoms with Crippen LogP contribution in [0.2, 0.25) is 0 Å². The lowest BCUT2D eigenvalue weighted by atomic mass is 9.77. The normalized spacial score (nSPS) is 14.5. The van der Waals surface area contributed by atoms with Gasteiger partial charge in [-0.05, 0) is 12.3 Å². The van der Waals surface area contributed by atoms with E-state index in [1.54, 1.807) is 27.7 Å². The summed E-state index contributed by atoms with van der Waals surface area (Å²) >= 11 is 0. The van der Waals surface area contributed by atoms with Crippen molar-refractivity contribution < 1.29 is 19.4 Å². The summed E-state index contributed by atoms with van der Waals surface area (Å²) in [6.45, 7) is 7.50. The molecule has 0 aliphatic rings. The van der Waals surface area contributed by atoms with Crippen LogP contribution in [0.1, 0.15) is 27.7 Å². The highest BCUT2D eigenvalue weighted by molar-refractivity contribution is 5.86. The SMILES string of the molecule is CCO/C=C(\C=O)C(C(=O)O)C(C)(C)C. The lowest BCUT2D eigenvalue weighted by molar-refractivity contribution is -0.144. The maximum atomic E-state index is 11.1. The van der Waals surface area contributed by atoms with E-state index in [2.05, 4.69) is 0 Å². The first-order valence-electron chi connectivity index (χ1n) is 4.84. The molecule has 4 nitrogen and oxygen atoms in total. The van der Waals surface area contributed by atoms with Crippen LogP contribution in [0.3, 0.4) is 0 Å². The molecule has 0 aromatic carbocycles. The Morgan fingerprint density at radius 3 is 2.27 bits per heavy atom. The van der Waals surface area contributed by atoms with Gasteiger partial charge in [-0.15, -0.1) is 0 Å². The molecular formula is C11H18O4. The summed E-state index contributed by atoms with van der Waals surface area (Å²) in [5, 5.41) is 9.05. The largest absolute Gasteiger partial charge is 0.501 e. The van der Waals surface area contributed by atoms with Gasteiger partial charge in [0.05, 0.1) is 18.8 Å². The van der Waals surface area contributed by atoms with Crippen LogP contribution >= 0.6 is 0 Å². The Labute approximate surface area is 89.9 Å². The number of ether oxygens (including phenoxy) is 1. The summed E-state index contributed by atoms with van der Waals surface area (Å²) in [4.78, 5) is 21.8. The number of carboxylic acid groups (broad SMARTS) is 1. The van der Waals surface area contributed by atoms with Gasteiger partial charge >= 0.3 is 5.97 Å². The molecule has 0 saturated carbocycles. The highest BCUT2D eigenvalue weighted by Gasteiger charge is 2.34. The van der Waals surface area contributed by atoms with Crippen LogP contribution in [0.4, 0.5) is 0 Å². The van der Waals surface area contributed by atoms with Crippen LogP contribution in [0.5, 0.6) is 0 Å². The van der Waals surface area contributed by atoms with E-state index < -0.39 is 17.3 Å². The summed E-state index contributed by atoms with van der Waals surface area (Å²) in [7, 11) is 0. The molecule has 0 heterocycles. The van der Waals surface area contributed by atoms with Gasteiger partial charge in [0.2, 0.25) is 0 Å². The monoisotopic (exact) mass is 214 g/mol. The number of aldehydes is 1. The second-order valence-electron chi connectivity index (χ2n) is 4.33. The van der Waals surface area contributed by atoms with Gasteiger partial charge in [-0.1, -0.05) is 20.8 Å². The Hall–Kier alpha value is -1.32. The third kappa shape index (κ3) is 4.14. The summed E-state index contributed by atoms with van der Waals surface area (Å²) in [5.74, 6) is -1.86. The smallest absolute Gasteiger partial charge is 0.311 e. The molecule has 0 radical (unpaired) electrons. The van der Waals surface area contributed by atoms with Gasteiger partial charge in [-0.2, -0.15) is 0 Å². The van der Waals surface area contributed by atoms with Gasteiger partial charge in [-0.25, -0.2) is 0 Å². The molecule has 86 valence electrons. The van der Waals surface area contributed by atoms with Crippen molar-refractivity contribution in [2.45, 2.75) is 27.7 Å². The molecule has 0 aromatic heterocycles. The lowest BCUT2D eigenvalue weighted by Crippen LogP contribution is -2.30. The van der Waals surface area contributed by atoms with E-state index in [0.717, 1.165) is 0 Å². The fraction of sp³-hybridized carbons (Fsp3) is 0.636. The highest BCUT2D eigenvalue weighted by atomic mass is 16.5. The predicted octanol–water partition coefficient (Wildman–Crippen LogP) is 1.85. The first-order valence-corrected chi connectivity index (χ1v) is 4.84. The summed E-state index contributed by atoms with van der Waals surface area (Å²) < 4.78 is 4.96. The first kappa shape index (κ1) is 13.7. The number of carbonyl (C=O) groups excluding carboxylic acids is 1. The van der Waals surface area contributed by atoms with E-state index in [0.29, 0.717) is 12.9 Å². The third-order valence-electron chi connectivity index (χ3n) is 1.97. The average Bonchev–Trinajstić information content (AvgIpc) is 2.08. The zero-order chi connectivity index (χ0) is 12.1.